The zero-order valence-corrected chi connectivity index (χ0v) is 32.6. The molecule has 57 heavy (non-hydrogen) atoms. The summed E-state index contributed by atoms with van der Waals surface area (Å²) < 4.78 is 83.9. The molecule has 6 atom stereocenters. The van der Waals surface area contributed by atoms with Crippen LogP contribution in [0.5, 0.6) is 0 Å². The number of Topliss-reactive ketones (excluding diaryl/α,β-unsaturated/α-hetero) is 1. The van der Waals surface area contributed by atoms with Gasteiger partial charge >= 0.3 is 6.18 Å². The van der Waals surface area contributed by atoms with E-state index in [1.54, 1.807) is 21.8 Å². The molecule has 4 heterocycles. The van der Waals surface area contributed by atoms with Gasteiger partial charge in [0.1, 0.15) is 35.6 Å². The molecule has 3 aliphatic rings. The lowest BCUT2D eigenvalue weighted by Crippen LogP contribution is -2.59. The molecule has 1 aromatic heterocycles. The lowest BCUT2D eigenvalue weighted by Gasteiger charge is -2.34. The van der Waals surface area contributed by atoms with Crippen LogP contribution in [-0.4, -0.2) is 105 Å². The molecule has 1 aromatic carbocycles. The van der Waals surface area contributed by atoms with Crippen LogP contribution in [0.2, 0.25) is 0 Å². The van der Waals surface area contributed by atoms with E-state index < -0.39 is 108 Å². The second-order valence-electron chi connectivity index (χ2n) is 15.8. The molecule has 5 rings (SSSR count). The minimum Gasteiger partial charge on any atom is -0.352 e. The van der Waals surface area contributed by atoms with Crippen LogP contribution in [0.15, 0.2) is 12.1 Å². The molecule has 3 aliphatic heterocycles. The highest BCUT2D eigenvalue weighted by atomic mass is 19.4. The van der Waals surface area contributed by atoms with Crippen LogP contribution >= 0.6 is 0 Å². The molecule has 2 fully saturated rings. The molecule has 20 heteroatoms. The number of nitrogens with one attached hydrogen (secondary N) is 3. The van der Waals surface area contributed by atoms with Gasteiger partial charge in [0.2, 0.25) is 29.5 Å². The topological polar surface area (TPSA) is 159 Å². The van der Waals surface area contributed by atoms with Gasteiger partial charge in [0.15, 0.2) is 19.6 Å². The van der Waals surface area contributed by atoms with Gasteiger partial charge in [-0.1, -0.05) is 27.7 Å². The van der Waals surface area contributed by atoms with Gasteiger partial charge in [-0.05, 0) is 62.0 Å². The summed E-state index contributed by atoms with van der Waals surface area (Å²) in [5.41, 5.74) is -0.332. The third-order valence-corrected chi connectivity index (χ3v) is 11.2. The average molecular weight is 811 g/mol. The monoisotopic (exact) mass is 810 g/mol. The number of aromatic nitrogens is 3. The molecule has 312 valence electrons. The number of hydrogen-bond acceptors (Lipinski definition) is 8. The molecule has 0 saturated carbocycles. The van der Waals surface area contributed by atoms with E-state index in [0.29, 0.717) is 37.9 Å². The molecular formula is C37H49BF6N8O5. The number of alkyl halides is 3. The number of amides is 4. The van der Waals surface area contributed by atoms with Gasteiger partial charge in [-0.2, -0.15) is 13.2 Å². The Morgan fingerprint density at radius 1 is 0.789 bits per heavy atom. The molecule has 0 bridgehead atoms. The quantitative estimate of drug-likeness (QED) is 0.149. The Bertz CT molecular complexity index is 1840. The van der Waals surface area contributed by atoms with E-state index in [-0.39, 0.29) is 55.6 Å². The summed E-state index contributed by atoms with van der Waals surface area (Å²) in [5, 5.41) is 15.4. The summed E-state index contributed by atoms with van der Waals surface area (Å²) in [6.45, 7) is 7.60. The molecule has 6 unspecified atom stereocenters. The first-order chi connectivity index (χ1) is 26.8. The van der Waals surface area contributed by atoms with Crippen LogP contribution in [0.1, 0.15) is 83.4 Å². The molecule has 2 aromatic rings. The summed E-state index contributed by atoms with van der Waals surface area (Å²) in [6.07, 6.45) is -4.17. The van der Waals surface area contributed by atoms with E-state index in [2.05, 4.69) is 26.1 Å². The standard InChI is InChI=1S/C37H49BF6N8O5/c1-18(2)30(46-33(55)27-8-6-11-51(27)35(57)31(47-38)19(3)4)34(56)50-10-5-7-26(50)32(54)45-22(13-21-14-24(40)25(41)17-23(21)39)16-28(53)20-9-12-52-29(15-20)48-49-36(52)37(42,43)44/h14,17-20,22,26-27,30-31,47H,5-13,15-16,38H2,1-4H3,(H,45,54)(H,46,55). The van der Waals surface area contributed by atoms with Crippen molar-refractivity contribution in [2.75, 3.05) is 13.1 Å². The van der Waals surface area contributed by atoms with Gasteiger partial charge in [-0.3, -0.25) is 24.0 Å². The van der Waals surface area contributed by atoms with Crippen LogP contribution in [0, 0.1) is 35.2 Å². The third kappa shape index (κ3) is 9.80. The van der Waals surface area contributed by atoms with Crippen molar-refractivity contribution in [3.05, 3.63) is 46.8 Å². The zero-order valence-electron chi connectivity index (χ0n) is 32.6. The minimum atomic E-state index is -4.75. The van der Waals surface area contributed by atoms with Crippen molar-refractivity contribution in [1.82, 2.24) is 40.4 Å². The lowest BCUT2D eigenvalue weighted by molar-refractivity contribution is -0.148. The number of halogens is 6. The van der Waals surface area contributed by atoms with Gasteiger partial charge in [0, 0.05) is 50.5 Å². The van der Waals surface area contributed by atoms with Crippen LogP contribution in [-0.2, 0) is 49.5 Å². The number of nitrogens with zero attached hydrogens (tertiary/aromatic N) is 5. The van der Waals surface area contributed by atoms with Crippen LogP contribution in [0.4, 0.5) is 26.3 Å². The molecule has 3 N–H and O–H groups in total. The molecule has 0 spiro atoms. The Balaban J connectivity index is 1.31. The van der Waals surface area contributed by atoms with Crippen LogP contribution in [0.3, 0.4) is 0 Å². The maximum Gasteiger partial charge on any atom is 0.451 e. The number of ketones is 1. The molecule has 0 aliphatic carbocycles. The van der Waals surface area contributed by atoms with Crippen molar-refractivity contribution in [2.45, 2.75) is 122 Å². The normalized spacial score (nSPS) is 21.4. The van der Waals surface area contributed by atoms with Crippen molar-refractivity contribution in [3.63, 3.8) is 0 Å². The lowest BCUT2D eigenvalue weighted by atomic mass is 9.88. The summed E-state index contributed by atoms with van der Waals surface area (Å²) in [6, 6.07) is -3.64. The Labute approximate surface area is 327 Å². The van der Waals surface area contributed by atoms with Crippen molar-refractivity contribution in [2.24, 2.45) is 17.8 Å². The van der Waals surface area contributed by atoms with Crippen molar-refractivity contribution in [1.29, 1.82) is 0 Å². The summed E-state index contributed by atoms with van der Waals surface area (Å²) in [4.78, 5) is 71.6. The third-order valence-electron chi connectivity index (χ3n) is 11.2. The highest BCUT2D eigenvalue weighted by Crippen LogP contribution is 2.32. The fraction of sp³-hybridized carbons (Fsp3) is 0.649. The second kappa shape index (κ2) is 18.0. The van der Waals surface area contributed by atoms with Gasteiger partial charge in [-0.25, -0.2) is 13.2 Å². The number of rotatable bonds is 14. The van der Waals surface area contributed by atoms with E-state index in [1.165, 1.54) is 9.80 Å². The molecule has 4 amide bonds. The van der Waals surface area contributed by atoms with Crippen molar-refractivity contribution >= 4 is 37.4 Å². The van der Waals surface area contributed by atoms with Gasteiger partial charge < -0.3 is 30.2 Å². The van der Waals surface area contributed by atoms with E-state index in [9.17, 15) is 50.3 Å². The maximum atomic E-state index is 14.9. The SMILES string of the molecule is BNC(C(=O)N1CCCC1C(=O)NC(C(=O)N1CCCC1C(=O)NC(CC(=O)C1CCn2c(nnc2C(F)(F)F)C1)Cc1cc(F)c(F)cc1F)C(C)C)C(C)C. The van der Waals surface area contributed by atoms with E-state index in [1.807, 2.05) is 13.8 Å². The van der Waals surface area contributed by atoms with Crippen LogP contribution in [0.25, 0.3) is 0 Å². The Morgan fingerprint density at radius 2 is 1.35 bits per heavy atom. The predicted molar refractivity (Wildman–Crippen MR) is 195 cm³/mol. The van der Waals surface area contributed by atoms with Gasteiger partial charge in [0.05, 0.1) is 6.04 Å². The number of carbonyl (C=O) groups is 5. The Morgan fingerprint density at radius 3 is 1.91 bits per heavy atom. The zero-order chi connectivity index (χ0) is 41.9. The molecule has 0 radical (unpaired) electrons. The molecule has 2 saturated heterocycles. The predicted octanol–water partition coefficient (Wildman–Crippen LogP) is 2.25. The van der Waals surface area contributed by atoms with E-state index >= 15 is 0 Å². The first-order valence-electron chi connectivity index (χ1n) is 19.4. The van der Waals surface area contributed by atoms with Gasteiger partial charge in [-0.15, -0.1) is 10.2 Å². The van der Waals surface area contributed by atoms with E-state index in [4.69, 9.17) is 0 Å². The molecule has 13 nitrogen and oxygen atoms in total. The van der Waals surface area contributed by atoms with E-state index in [0.717, 1.165) is 4.57 Å². The second-order valence-corrected chi connectivity index (χ2v) is 15.8. The highest BCUT2D eigenvalue weighted by Gasteiger charge is 2.44. The fourth-order valence-electron chi connectivity index (χ4n) is 8.15. The number of hydrogen-bond donors (Lipinski definition) is 3. The number of likely N-dealkylation sites (tertiary alicyclic amines) is 2. The first-order valence-corrected chi connectivity index (χ1v) is 19.4. The average Bonchev–Trinajstić information content (AvgIpc) is 3.92. The Kier molecular flexibility index (Phi) is 13.8. The fourth-order valence-corrected chi connectivity index (χ4v) is 8.15. The van der Waals surface area contributed by atoms with Gasteiger partial charge in [0.25, 0.3) is 0 Å². The maximum absolute atomic E-state index is 14.9. The van der Waals surface area contributed by atoms with Crippen molar-refractivity contribution in [3.8, 4) is 0 Å². The summed E-state index contributed by atoms with van der Waals surface area (Å²) in [7, 11) is 1.67. The minimum absolute atomic E-state index is 0.000943. The number of carbonyl (C=O) groups excluding carboxylic acids is 5. The van der Waals surface area contributed by atoms with Crippen molar-refractivity contribution < 1.29 is 50.3 Å². The summed E-state index contributed by atoms with van der Waals surface area (Å²) >= 11 is 0. The van der Waals surface area contributed by atoms with Crippen LogP contribution < -0.4 is 15.9 Å². The highest BCUT2D eigenvalue weighted by molar-refractivity contribution is 6.07. The Hall–Kier alpha value is -4.49. The number of fused-ring (bicyclic) bond motifs is 1. The smallest absolute Gasteiger partial charge is 0.352 e. The molecular weight excluding hydrogens is 761 g/mol. The largest absolute Gasteiger partial charge is 0.451 e. The summed E-state index contributed by atoms with van der Waals surface area (Å²) in [5.74, 6) is -8.84. The first kappa shape index (κ1) is 43.6. The number of benzene rings is 1.